The first-order valence-corrected chi connectivity index (χ1v) is 13.2. The van der Waals surface area contributed by atoms with Gasteiger partial charge in [-0.15, -0.1) is 11.3 Å². The summed E-state index contributed by atoms with van der Waals surface area (Å²) >= 11 is 1.80. The molecule has 37 heavy (non-hydrogen) atoms. The number of para-hydroxylation sites is 1. The molecule has 0 radical (unpaired) electrons. The molecule has 4 aromatic heterocycles. The maximum atomic E-state index is 6.22. The van der Waals surface area contributed by atoms with Crippen LogP contribution in [0.5, 0.6) is 0 Å². The van der Waals surface area contributed by atoms with Crippen LogP contribution in [0.1, 0.15) is 16.8 Å². The van der Waals surface area contributed by atoms with Crippen LogP contribution in [0.3, 0.4) is 0 Å². The van der Waals surface area contributed by atoms with Crippen LogP contribution in [-0.4, -0.2) is 9.97 Å². The molecular formula is C33H24N2OS. The molecule has 4 heteroatoms. The van der Waals surface area contributed by atoms with Gasteiger partial charge in [-0.3, -0.25) is 4.98 Å². The summed E-state index contributed by atoms with van der Waals surface area (Å²) in [4.78, 5) is 10.6. The van der Waals surface area contributed by atoms with E-state index in [2.05, 4.69) is 97.7 Å². The summed E-state index contributed by atoms with van der Waals surface area (Å²) in [5, 5.41) is 3.25. The van der Waals surface area contributed by atoms with Gasteiger partial charge in [-0.25, -0.2) is 4.98 Å². The van der Waals surface area contributed by atoms with Gasteiger partial charge in [0.2, 0.25) is 5.71 Å². The Bertz CT molecular complexity index is 1940. The molecule has 7 rings (SSSR count). The van der Waals surface area contributed by atoms with Crippen LogP contribution in [0.2, 0.25) is 0 Å². The number of hydrogen-bond donors (Lipinski definition) is 0. The second kappa shape index (κ2) is 8.39. The zero-order chi connectivity index (χ0) is 25.1. The minimum atomic E-state index is 0.672. The minimum Gasteiger partial charge on any atom is -0.437 e. The Morgan fingerprint density at radius 2 is 1.49 bits per heavy atom. The lowest BCUT2D eigenvalue weighted by molar-refractivity contribution is 0.653. The SMILES string of the molecule is Cc1ccc2c(n1)oc1c(-c3cc4sc(-c5ccc(-c6c(C)cccc6C)cc5)cc4cn3)cccc12. The Balaban J connectivity index is 1.28. The van der Waals surface area contributed by atoms with Crippen LogP contribution in [0.25, 0.3) is 65.0 Å². The second-order valence-electron chi connectivity index (χ2n) is 9.65. The van der Waals surface area contributed by atoms with Crippen molar-refractivity contribution >= 4 is 43.5 Å². The molecule has 3 nitrogen and oxygen atoms in total. The molecule has 0 saturated heterocycles. The van der Waals surface area contributed by atoms with Gasteiger partial charge in [0.1, 0.15) is 5.58 Å². The molecule has 0 saturated carbocycles. The fourth-order valence-electron chi connectivity index (χ4n) is 5.27. The van der Waals surface area contributed by atoms with E-state index in [1.54, 1.807) is 11.3 Å². The van der Waals surface area contributed by atoms with E-state index in [9.17, 15) is 0 Å². The van der Waals surface area contributed by atoms with E-state index in [4.69, 9.17) is 9.40 Å². The summed E-state index contributed by atoms with van der Waals surface area (Å²) < 4.78 is 7.43. The minimum absolute atomic E-state index is 0.672. The number of furan rings is 1. The molecule has 7 aromatic rings. The van der Waals surface area contributed by atoms with Crippen molar-refractivity contribution in [1.82, 2.24) is 9.97 Å². The number of fused-ring (bicyclic) bond motifs is 4. The van der Waals surface area contributed by atoms with Crippen LogP contribution in [0, 0.1) is 20.8 Å². The van der Waals surface area contributed by atoms with E-state index >= 15 is 0 Å². The van der Waals surface area contributed by atoms with Crippen molar-refractivity contribution in [3.05, 3.63) is 108 Å². The molecule has 178 valence electrons. The first kappa shape index (κ1) is 22.0. The predicted molar refractivity (Wildman–Crippen MR) is 155 cm³/mol. The number of rotatable bonds is 3. The Labute approximate surface area is 219 Å². The highest BCUT2D eigenvalue weighted by Crippen LogP contribution is 2.39. The molecule has 0 unspecified atom stereocenters. The Hall–Kier alpha value is -4.28. The Morgan fingerprint density at radius 3 is 2.30 bits per heavy atom. The van der Waals surface area contributed by atoms with Gasteiger partial charge >= 0.3 is 0 Å². The fourth-order valence-corrected chi connectivity index (χ4v) is 6.34. The zero-order valence-corrected chi connectivity index (χ0v) is 21.7. The number of hydrogen-bond acceptors (Lipinski definition) is 4. The summed E-state index contributed by atoms with van der Waals surface area (Å²) in [6, 6.07) is 30.1. The van der Waals surface area contributed by atoms with Gasteiger partial charge in [-0.05, 0) is 78.9 Å². The lowest BCUT2D eigenvalue weighted by Crippen LogP contribution is -1.87. The van der Waals surface area contributed by atoms with Crippen molar-refractivity contribution in [3.8, 4) is 32.8 Å². The summed E-state index contributed by atoms with van der Waals surface area (Å²) in [6.45, 7) is 6.33. The lowest BCUT2D eigenvalue weighted by atomic mass is 9.95. The van der Waals surface area contributed by atoms with Crippen molar-refractivity contribution in [2.75, 3.05) is 0 Å². The predicted octanol–water partition coefficient (Wildman–Crippen LogP) is 9.52. The highest BCUT2D eigenvalue weighted by molar-refractivity contribution is 7.22. The molecule has 0 spiro atoms. The van der Waals surface area contributed by atoms with Gasteiger partial charge in [0, 0.05) is 43.2 Å². The Kier molecular flexibility index (Phi) is 4.98. The molecule has 0 atom stereocenters. The summed E-state index contributed by atoms with van der Waals surface area (Å²) in [6.07, 6.45) is 1.97. The number of thiophene rings is 1. The van der Waals surface area contributed by atoms with Crippen molar-refractivity contribution in [2.45, 2.75) is 20.8 Å². The van der Waals surface area contributed by atoms with E-state index in [0.29, 0.717) is 5.71 Å². The molecule has 4 heterocycles. The molecule has 0 aliphatic heterocycles. The molecule has 0 bridgehead atoms. The highest BCUT2D eigenvalue weighted by Gasteiger charge is 2.15. The molecule has 0 aliphatic rings. The van der Waals surface area contributed by atoms with Crippen LogP contribution >= 0.6 is 11.3 Å². The topological polar surface area (TPSA) is 38.9 Å². The number of nitrogens with zero attached hydrogens (tertiary/aromatic N) is 2. The number of aromatic nitrogens is 2. The number of benzene rings is 3. The summed E-state index contributed by atoms with van der Waals surface area (Å²) in [5.74, 6) is 0. The molecule has 0 N–H and O–H groups in total. The first-order valence-electron chi connectivity index (χ1n) is 12.4. The van der Waals surface area contributed by atoms with Gasteiger partial charge in [0.05, 0.1) is 5.69 Å². The van der Waals surface area contributed by atoms with Crippen molar-refractivity contribution in [1.29, 1.82) is 0 Å². The van der Waals surface area contributed by atoms with Crippen molar-refractivity contribution < 1.29 is 4.42 Å². The smallest absolute Gasteiger partial charge is 0.227 e. The fraction of sp³-hybridized carbons (Fsp3) is 0.0909. The standard InChI is InChI=1S/C33H24N2OS/c1-19-6-4-7-20(2)31(19)23-13-11-22(12-14-23)29-16-24-18-34-28(17-30(24)37-29)27-9-5-8-25-26-15-10-21(3)35-33(26)36-32(25)27/h4-18H,1-3H3. The van der Waals surface area contributed by atoms with Gasteiger partial charge in [0.25, 0.3) is 0 Å². The quantitative estimate of drug-likeness (QED) is 0.244. The summed E-state index contributed by atoms with van der Waals surface area (Å²) in [7, 11) is 0. The van der Waals surface area contributed by atoms with Crippen LogP contribution in [-0.2, 0) is 0 Å². The third-order valence-corrected chi connectivity index (χ3v) is 8.27. The largest absolute Gasteiger partial charge is 0.437 e. The maximum Gasteiger partial charge on any atom is 0.227 e. The van der Waals surface area contributed by atoms with E-state index in [-0.39, 0.29) is 0 Å². The third kappa shape index (κ3) is 3.64. The van der Waals surface area contributed by atoms with Gasteiger partial charge in [-0.1, -0.05) is 54.6 Å². The van der Waals surface area contributed by atoms with Crippen LogP contribution < -0.4 is 0 Å². The Morgan fingerprint density at radius 1 is 0.730 bits per heavy atom. The summed E-state index contributed by atoms with van der Waals surface area (Å²) in [5.41, 5.74) is 10.8. The maximum absolute atomic E-state index is 6.22. The van der Waals surface area contributed by atoms with Gasteiger partial charge < -0.3 is 4.42 Å². The van der Waals surface area contributed by atoms with E-state index in [1.807, 2.05) is 19.2 Å². The first-order chi connectivity index (χ1) is 18.0. The van der Waals surface area contributed by atoms with E-state index in [0.717, 1.165) is 38.7 Å². The average molecular weight is 497 g/mol. The number of pyridine rings is 2. The van der Waals surface area contributed by atoms with Gasteiger partial charge in [-0.2, -0.15) is 0 Å². The van der Waals surface area contributed by atoms with Crippen LogP contribution in [0.4, 0.5) is 0 Å². The molecule has 0 amide bonds. The lowest BCUT2D eigenvalue weighted by Gasteiger charge is -2.10. The molecular weight excluding hydrogens is 472 g/mol. The monoisotopic (exact) mass is 496 g/mol. The van der Waals surface area contributed by atoms with Crippen molar-refractivity contribution in [3.63, 3.8) is 0 Å². The third-order valence-electron chi connectivity index (χ3n) is 7.12. The van der Waals surface area contributed by atoms with E-state index in [1.165, 1.54) is 37.4 Å². The molecule has 3 aromatic carbocycles. The zero-order valence-electron chi connectivity index (χ0n) is 20.9. The molecule has 0 aliphatic carbocycles. The van der Waals surface area contributed by atoms with Gasteiger partial charge in [0.15, 0.2) is 0 Å². The van der Waals surface area contributed by atoms with Crippen molar-refractivity contribution in [2.24, 2.45) is 0 Å². The van der Waals surface area contributed by atoms with E-state index < -0.39 is 0 Å². The highest BCUT2D eigenvalue weighted by atomic mass is 32.1. The second-order valence-corrected chi connectivity index (χ2v) is 10.7. The average Bonchev–Trinajstić information content (AvgIpc) is 3.49. The normalized spacial score (nSPS) is 11.6. The number of aryl methyl sites for hydroxylation is 3. The molecule has 0 fully saturated rings. The van der Waals surface area contributed by atoms with Crippen LogP contribution in [0.15, 0.2) is 95.5 Å².